The lowest BCUT2D eigenvalue weighted by atomic mass is 9.93. The third kappa shape index (κ3) is 3.44. The van der Waals surface area contributed by atoms with E-state index in [0.717, 1.165) is 6.42 Å². The molecule has 0 saturated carbocycles. The molecule has 0 aromatic carbocycles. The number of likely N-dealkylation sites (tertiary alicyclic amines) is 1. The van der Waals surface area contributed by atoms with Crippen molar-refractivity contribution in [1.29, 1.82) is 0 Å². The maximum absolute atomic E-state index is 12.6. The minimum atomic E-state index is -4.16. The molecule has 0 radical (unpaired) electrons. The Morgan fingerprint density at radius 3 is 2.40 bits per heavy atom. The first-order valence-electron chi connectivity index (χ1n) is 7.04. The van der Waals surface area contributed by atoms with Crippen LogP contribution in [-0.4, -0.2) is 67.7 Å². The summed E-state index contributed by atoms with van der Waals surface area (Å²) in [6.45, 7) is 1.22. The van der Waals surface area contributed by atoms with Crippen LogP contribution in [0.25, 0.3) is 0 Å². The quantitative estimate of drug-likeness (QED) is 0.827. The zero-order valence-corrected chi connectivity index (χ0v) is 11.9. The second kappa shape index (κ2) is 5.89. The second-order valence-corrected chi connectivity index (χ2v) is 5.97. The van der Waals surface area contributed by atoms with Gasteiger partial charge in [-0.1, -0.05) is 0 Å². The third-order valence-corrected chi connectivity index (χ3v) is 4.38. The molecule has 20 heavy (non-hydrogen) atoms. The lowest BCUT2D eigenvalue weighted by molar-refractivity contribution is -0.180. The Kier molecular flexibility index (Phi) is 4.59. The zero-order valence-electron chi connectivity index (χ0n) is 11.9. The van der Waals surface area contributed by atoms with Crippen LogP contribution in [-0.2, 0) is 4.79 Å². The molecule has 0 bridgehead atoms. The summed E-state index contributed by atoms with van der Waals surface area (Å²) >= 11 is 0. The van der Waals surface area contributed by atoms with Gasteiger partial charge in [-0.3, -0.25) is 4.79 Å². The van der Waals surface area contributed by atoms with Crippen LogP contribution in [0.15, 0.2) is 0 Å². The van der Waals surface area contributed by atoms with Gasteiger partial charge in [0.05, 0.1) is 12.0 Å². The second-order valence-electron chi connectivity index (χ2n) is 5.97. The average molecular weight is 293 g/mol. The van der Waals surface area contributed by atoms with E-state index in [1.54, 1.807) is 4.90 Å². The molecule has 2 aliphatic heterocycles. The van der Waals surface area contributed by atoms with Gasteiger partial charge in [0.25, 0.3) is 0 Å². The van der Waals surface area contributed by atoms with Crippen LogP contribution in [0, 0.1) is 5.92 Å². The van der Waals surface area contributed by atoms with Gasteiger partial charge in [0.1, 0.15) is 0 Å². The Morgan fingerprint density at radius 1 is 1.25 bits per heavy atom. The Morgan fingerprint density at radius 2 is 1.95 bits per heavy atom. The van der Waals surface area contributed by atoms with Crippen LogP contribution in [0.1, 0.15) is 19.3 Å². The Bertz CT molecular complexity index is 351. The van der Waals surface area contributed by atoms with E-state index in [2.05, 4.69) is 10.2 Å². The smallest absolute Gasteiger partial charge is 0.340 e. The molecule has 2 fully saturated rings. The zero-order chi connectivity index (χ0) is 14.9. The van der Waals surface area contributed by atoms with Gasteiger partial charge < -0.3 is 15.1 Å². The van der Waals surface area contributed by atoms with Crippen LogP contribution in [0.5, 0.6) is 0 Å². The topological polar surface area (TPSA) is 35.6 Å². The third-order valence-electron chi connectivity index (χ3n) is 4.38. The molecular weight excluding hydrogens is 271 g/mol. The van der Waals surface area contributed by atoms with Crippen molar-refractivity contribution in [1.82, 2.24) is 15.1 Å². The lowest BCUT2D eigenvalue weighted by Gasteiger charge is -2.32. The fraction of sp³-hybridized carbons (Fsp3) is 0.923. The highest BCUT2D eigenvalue weighted by atomic mass is 19.4. The number of carbonyl (C=O) groups is 1. The van der Waals surface area contributed by atoms with Crippen molar-refractivity contribution in [2.24, 2.45) is 5.92 Å². The Labute approximate surface area is 117 Å². The summed E-state index contributed by atoms with van der Waals surface area (Å²) in [6, 6.07) is -0.0972. The Balaban J connectivity index is 1.84. The fourth-order valence-electron chi connectivity index (χ4n) is 2.93. The number of carbonyl (C=O) groups excluding carboxylic acids is 1. The highest BCUT2D eigenvalue weighted by molar-refractivity contribution is 5.82. The summed E-state index contributed by atoms with van der Waals surface area (Å²) in [5.41, 5.74) is 0. The van der Waals surface area contributed by atoms with Crippen LogP contribution < -0.4 is 5.32 Å². The highest BCUT2D eigenvalue weighted by Crippen LogP contribution is 2.32. The van der Waals surface area contributed by atoms with Crippen molar-refractivity contribution in [2.45, 2.75) is 37.5 Å². The molecule has 0 aliphatic carbocycles. The van der Waals surface area contributed by atoms with Crippen LogP contribution in [0.3, 0.4) is 0 Å². The molecule has 2 saturated heterocycles. The van der Waals surface area contributed by atoms with E-state index in [4.69, 9.17) is 0 Å². The van der Waals surface area contributed by atoms with E-state index in [1.807, 2.05) is 14.1 Å². The van der Waals surface area contributed by atoms with Gasteiger partial charge >= 0.3 is 6.18 Å². The van der Waals surface area contributed by atoms with E-state index in [0.29, 0.717) is 19.1 Å². The minimum Gasteiger partial charge on any atom is -0.340 e. The number of nitrogens with one attached hydrogen (secondary N) is 1. The molecule has 0 aromatic rings. The number of rotatable bonds is 2. The first-order valence-corrected chi connectivity index (χ1v) is 7.04. The molecule has 4 nitrogen and oxygen atoms in total. The molecule has 1 N–H and O–H groups in total. The summed E-state index contributed by atoms with van der Waals surface area (Å²) in [5, 5.41) is 2.77. The van der Waals surface area contributed by atoms with Crippen molar-refractivity contribution in [3.8, 4) is 0 Å². The van der Waals surface area contributed by atoms with Crippen molar-refractivity contribution >= 4 is 5.91 Å². The number of alkyl halides is 3. The summed E-state index contributed by atoms with van der Waals surface area (Å²) in [4.78, 5) is 16.1. The van der Waals surface area contributed by atoms with E-state index in [1.165, 1.54) is 0 Å². The van der Waals surface area contributed by atoms with E-state index >= 15 is 0 Å². The van der Waals surface area contributed by atoms with E-state index in [9.17, 15) is 18.0 Å². The van der Waals surface area contributed by atoms with Crippen molar-refractivity contribution in [3.63, 3.8) is 0 Å². The summed E-state index contributed by atoms with van der Waals surface area (Å²) in [6.07, 6.45) is -2.93. The summed E-state index contributed by atoms with van der Waals surface area (Å²) in [5.74, 6) is -1.37. The predicted molar refractivity (Wildman–Crippen MR) is 69.2 cm³/mol. The van der Waals surface area contributed by atoms with Crippen LogP contribution in [0.4, 0.5) is 13.2 Å². The van der Waals surface area contributed by atoms with Gasteiger partial charge in [0.15, 0.2) is 0 Å². The molecule has 1 amide bonds. The predicted octanol–water partition coefficient (Wildman–Crippen LogP) is 1.08. The lowest BCUT2D eigenvalue weighted by Crippen LogP contribution is -2.52. The monoisotopic (exact) mass is 293 g/mol. The van der Waals surface area contributed by atoms with Crippen molar-refractivity contribution < 1.29 is 18.0 Å². The number of piperidine rings is 1. The molecular formula is C13H22F3N3O. The Hall–Kier alpha value is -0.820. The maximum atomic E-state index is 12.6. The van der Waals surface area contributed by atoms with Crippen LogP contribution >= 0.6 is 0 Å². The van der Waals surface area contributed by atoms with Crippen molar-refractivity contribution in [2.75, 3.05) is 33.7 Å². The van der Waals surface area contributed by atoms with Gasteiger partial charge in [-0.2, -0.15) is 13.2 Å². The first-order chi connectivity index (χ1) is 9.29. The number of amides is 1. The van der Waals surface area contributed by atoms with Gasteiger partial charge in [0.2, 0.25) is 5.91 Å². The van der Waals surface area contributed by atoms with E-state index < -0.39 is 18.1 Å². The average Bonchev–Trinajstić information content (AvgIpc) is 2.86. The minimum absolute atomic E-state index is 0.0395. The molecule has 7 heteroatoms. The number of likely N-dealkylation sites (N-methyl/N-ethyl adjacent to an activating group) is 1. The molecule has 0 aromatic heterocycles. The van der Waals surface area contributed by atoms with Crippen molar-refractivity contribution in [3.05, 3.63) is 0 Å². The van der Waals surface area contributed by atoms with Gasteiger partial charge in [-0.15, -0.1) is 0 Å². The molecule has 2 rings (SSSR count). The number of hydrogen-bond donors (Lipinski definition) is 1. The van der Waals surface area contributed by atoms with Gasteiger partial charge in [-0.25, -0.2) is 0 Å². The normalized spacial score (nSPS) is 31.9. The molecule has 0 spiro atoms. The number of halogens is 3. The molecule has 2 aliphatic rings. The van der Waals surface area contributed by atoms with Gasteiger partial charge in [-0.05, 0) is 33.4 Å². The largest absolute Gasteiger partial charge is 0.393 e. The maximum Gasteiger partial charge on any atom is 0.393 e. The molecule has 116 valence electrons. The summed E-state index contributed by atoms with van der Waals surface area (Å²) in [7, 11) is 3.96. The fourth-order valence-corrected chi connectivity index (χ4v) is 2.93. The summed E-state index contributed by atoms with van der Waals surface area (Å²) < 4.78 is 37.7. The highest BCUT2D eigenvalue weighted by Gasteiger charge is 2.43. The number of nitrogens with zero attached hydrogens (tertiary/aromatic N) is 2. The number of hydrogen-bond acceptors (Lipinski definition) is 3. The van der Waals surface area contributed by atoms with Crippen LogP contribution in [0.2, 0.25) is 0 Å². The standard InChI is InChI=1S/C13H22F3N3O/c1-18(2)10-5-6-19(8-10)12(20)11-4-3-9(7-17-11)13(14,15)16/h9-11,17H,3-8H2,1-2H3. The molecule has 3 atom stereocenters. The molecule has 3 unspecified atom stereocenters. The SMILES string of the molecule is CN(C)C1CCN(C(=O)C2CCC(C(F)(F)F)CN2)C1. The van der Waals surface area contributed by atoms with Gasteiger partial charge in [0, 0.05) is 25.7 Å². The van der Waals surface area contributed by atoms with E-state index in [-0.39, 0.29) is 25.3 Å². The molecule has 2 heterocycles. The first kappa shape index (κ1) is 15.6.